The Labute approximate surface area is 171 Å². The lowest BCUT2D eigenvalue weighted by molar-refractivity contribution is -0.116. The third-order valence-corrected chi connectivity index (χ3v) is 5.70. The second-order valence-corrected chi connectivity index (χ2v) is 7.79. The van der Waals surface area contributed by atoms with E-state index in [2.05, 4.69) is 22.3 Å². The molecule has 1 aliphatic rings. The summed E-state index contributed by atoms with van der Waals surface area (Å²) in [7, 11) is 1.63. The SMILES string of the molecule is COc1cccc(NC(=O)CCC2CCN(Cc3cc4ccccc4o3)CC2)c1. The highest BCUT2D eigenvalue weighted by atomic mass is 16.5. The summed E-state index contributed by atoms with van der Waals surface area (Å²) in [5.74, 6) is 2.46. The highest BCUT2D eigenvalue weighted by Crippen LogP contribution is 2.25. The zero-order valence-corrected chi connectivity index (χ0v) is 16.9. The number of nitrogens with zero attached hydrogens (tertiary/aromatic N) is 1. The fourth-order valence-corrected chi connectivity index (χ4v) is 4.03. The number of rotatable bonds is 7. The van der Waals surface area contributed by atoms with Gasteiger partial charge in [-0.05, 0) is 62.5 Å². The van der Waals surface area contributed by atoms with Crippen LogP contribution in [0, 0.1) is 5.92 Å². The first kappa shape index (κ1) is 19.5. The highest BCUT2D eigenvalue weighted by molar-refractivity contribution is 5.90. The van der Waals surface area contributed by atoms with Crippen molar-refractivity contribution in [1.82, 2.24) is 4.90 Å². The van der Waals surface area contributed by atoms with Crippen molar-refractivity contribution < 1.29 is 13.9 Å². The van der Waals surface area contributed by atoms with Crippen LogP contribution in [-0.4, -0.2) is 31.0 Å². The topological polar surface area (TPSA) is 54.7 Å². The van der Waals surface area contributed by atoms with Gasteiger partial charge in [0.05, 0.1) is 13.7 Å². The Morgan fingerprint density at radius 1 is 1.14 bits per heavy atom. The van der Waals surface area contributed by atoms with Gasteiger partial charge in [0.25, 0.3) is 0 Å². The van der Waals surface area contributed by atoms with Crippen molar-refractivity contribution in [2.45, 2.75) is 32.2 Å². The van der Waals surface area contributed by atoms with E-state index in [1.165, 1.54) is 5.39 Å². The van der Waals surface area contributed by atoms with E-state index in [0.717, 1.165) is 61.7 Å². The lowest BCUT2D eigenvalue weighted by Crippen LogP contribution is -2.33. The standard InChI is InChI=1S/C24H28N2O3/c1-28-21-7-4-6-20(16-21)25-24(27)10-9-18-11-13-26(14-12-18)17-22-15-19-5-2-3-8-23(19)29-22/h2-8,15-16,18H,9-14,17H2,1H3,(H,25,27). The monoisotopic (exact) mass is 392 g/mol. The summed E-state index contributed by atoms with van der Waals surface area (Å²) in [6.07, 6.45) is 3.76. The zero-order valence-electron chi connectivity index (χ0n) is 16.9. The Morgan fingerprint density at radius 2 is 1.97 bits per heavy atom. The van der Waals surface area contributed by atoms with Crippen LogP contribution in [0.25, 0.3) is 11.0 Å². The number of hydrogen-bond acceptors (Lipinski definition) is 4. The summed E-state index contributed by atoms with van der Waals surface area (Å²) in [6.45, 7) is 2.97. The van der Waals surface area contributed by atoms with Gasteiger partial charge >= 0.3 is 0 Å². The van der Waals surface area contributed by atoms with Gasteiger partial charge in [0, 0.05) is 23.6 Å². The van der Waals surface area contributed by atoms with Gasteiger partial charge in [-0.2, -0.15) is 0 Å². The number of carbonyl (C=O) groups is 1. The molecule has 0 saturated carbocycles. The maximum absolute atomic E-state index is 12.3. The average molecular weight is 392 g/mol. The zero-order chi connectivity index (χ0) is 20.1. The quantitative estimate of drug-likeness (QED) is 0.610. The molecule has 152 valence electrons. The predicted molar refractivity (Wildman–Crippen MR) is 115 cm³/mol. The Balaban J connectivity index is 1.20. The van der Waals surface area contributed by atoms with E-state index in [1.54, 1.807) is 7.11 Å². The van der Waals surface area contributed by atoms with E-state index in [9.17, 15) is 4.79 Å². The number of para-hydroxylation sites is 1. The summed E-state index contributed by atoms with van der Waals surface area (Å²) >= 11 is 0. The van der Waals surface area contributed by atoms with Crippen LogP contribution in [0.15, 0.2) is 59.0 Å². The van der Waals surface area contributed by atoms with Crippen molar-refractivity contribution in [3.8, 4) is 5.75 Å². The summed E-state index contributed by atoms with van der Waals surface area (Å²) in [6, 6.07) is 17.8. The molecule has 3 aromatic rings. The molecule has 0 atom stereocenters. The van der Waals surface area contributed by atoms with Gasteiger partial charge < -0.3 is 14.5 Å². The van der Waals surface area contributed by atoms with Crippen LogP contribution in [0.2, 0.25) is 0 Å². The van der Waals surface area contributed by atoms with Gasteiger partial charge in [0.2, 0.25) is 5.91 Å². The number of furan rings is 1. The Kier molecular flexibility index (Phi) is 6.15. The minimum atomic E-state index is 0.0722. The molecule has 0 unspecified atom stereocenters. The lowest BCUT2D eigenvalue weighted by Gasteiger charge is -2.31. The van der Waals surface area contributed by atoms with Crippen LogP contribution in [0.5, 0.6) is 5.75 Å². The minimum absolute atomic E-state index is 0.0722. The summed E-state index contributed by atoms with van der Waals surface area (Å²) in [5, 5.41) is 4.13. The van der Waals surface area contributed by atoms with Crippen LogP contribution >= 0.6 is 0 Å². The number of fused-ring (bicyclic) bond motifs is 1. The summed E-state index contributed by atoms with van der Waals surface area (Å²) < 4.78 is 11.1. The normalized spacial score (nSPS) is 15.5. The molecule has 2 aromatic carbocycles. The van der Waals surface area contributed by atoms with E-state index in [0.29, 0.717) is 12.3 Å². The van der Waals surface area contributed by atoms with Gasteiger partial charge in [-0.3, -0.25) is 9.69 Å². The van der Waals surface area contributed by atoms with Gasteiger partial charge in [-0.15, -0.1) is 0 Å². The summed E-state index contributed by atoms with van der Waals surface area (Å²) in [4.78, 5) is 14.7. The molecule has 5 nitrogen and oxygen atoms in total. The molecule has 29 heavy (non-hydrogen) atoms. The van der Waals surface area contributed by atoms with E-state index in [-0.39, 0.29) is 5.91 Å². The number of likely N-dealkylation sites (tertiary alicyclic amines) is 1. The Hall–Kier alpha value is -2.79. The van der Waals surface area contributed by atoms with Crippen molar-refractivity contribution in [3.05, 3.63) is 60.4 Å². The molecule has 1 fully saturated rings. The number of amides is 1. The predicted octanol–water partition coefficient (Wildman–Crippen LogP) is 5.07. The third-order valence-electron chi connectivity index (χ3n) is 5.70. The van der Waals surface area contributed by atoms with Crippen LogP contribution in [-0.2, 0) is 11.3 Å². The van der Waals surface area contributed by atoms with Crippen molar-refractivity contribution in [1.29, 1.82) is 0 Å². The molecular weight excluding hydrogens is 364 g/mol. The Bertz CT molecular complexity index is 924. The van der Waals surface area contributed by atoms with E-state index in [4.69, 9.17) is 9.15 Å². The largest absolute Gasteiger partial charge is 0.497 e. The lowest BCUT2D eigenvalue weighted by atomic mass is 9.92. The number of piperidine rings is 1. The van der Waals surface area contributed by atoms with Crippen molar-refractivity contribution in [2.75, 3.05) is 25.5 Å². The van der Waals surface area contributed by atoms with E-state index < -0.39 is 0 Å². The smallest absolute Gasteiger partial charge is 0.224 e. The molecule has 0 bridgehead atoms. The van der Waals surface area contributed by atoms with E-state index in [1.807, 2.05) is 42.5 Å². The molecule has 1 aliphatic heterocycles. The minimum Gasteiger partial charge on any atom is -0.497 e. The molecule has 2 heterocycles. The van der Waals surface area contributed by atoms with Gasteiger partial charge in [0.1, 0.15) is 17.1 Å². The average Bonchev–Trinajstić information content (AvgIpc) is 3.15. The second kappa shape index (κ2) is 9.14. The molecule has 1 N–H and O–H groups in total. The molecule has 5 heteroatoms. The van der Waals surface area contributed by atoms with Crippen LogP contribution in [0.1, 0.15) is 31.4 Å². The number of nitrogens with one attached hydrogen (secondary N) is 1. The first-order chi connectivity index (χ1) is 14.2. The number of anilines is 1. The fraction of sp³-hybridized carbons (Fsp3) is 0.375. The van der Waals surface area contributed by atoms with E-state index >= 15 is 0 Å². The molecule has 1 saturated heterocycles. The Morgan fingerprint density at radius 3 is 2.76 bits per heavy atom. The molecule has 1 amide bonds. The van der Waals surface area contributed by atoms with Gasteiger partial charge in [0.15, 0.2) is 0 Å². The number of methoxy groups -OCH3 is 1. The van der Waals surface area contributed by atoms with Gasteiger partial charge in [-0.25, -0.2) is 0 Å². The number of hydrogen-bond donors (Lipinski definition) is 1. The molecule has 0 spiro atoms. The molecule has 1 aromatic heterocycles. The molecule has 0 radical (unpaired) electrons. The van der Waals surface area contributed by atoms with Crippen LogP contribution < -0.4 is 10.1 Å². The number of benzene rings is 2. The van der Waals surface area contributed by atoms with Crippen molar-refractivity contribution >= 4 is 22.6 Å². The first-order valence-corrected chi connectivity index (χ1v) is 10.3. The van der Waals surface area contributed by atoms with Gasteiger partial charge in [-0.1, -0.05) is 24.3 Å². The molecule has 4 rings (SSSR count). The second-order valence-electron chi connectivity index (χ2n) is 7.79. The third kappa shape index (κ3) is 5.18. The van der Waals surface area contributed by atoms with Crippen molar-refractivity contribution in [3.63, 3.8) is 0 Å². The maximum Gasteiger partial charge on any atom is 0.224 e. The first-order valence-electron chi connectivity index (χ1n) is 10.3. The van der Waals surface area contributed by atoms with Crippen LogP contribution in [0.4, 0.5) is 5.69 Å². The number of ether oxygens (including phenoxy) is 1. The van der Waals surface area contributed by atoms with Crippen LogP contribution in [0.3, 0.4) is 0 Å². The highest BCUT2D eigenvalue weighted by Gasteiger charge is 2.21. The number of carbonyl (C=O) groups excluding carboxylic acids is 1. The molecule has 0 aliphatic carbocycles. The fourth-order valence-electron chi connectivity index (χ4n) is 4.03. The maximum atomic E-state index is 12.3. The molecular formula is C24H28N2O3. The summed E-state index contributed by atoms with van der Waals surface area (Å²) in [5.41, 5.74) is 1.74. The van der Waals surface area contributed by atoms with Crippen molar-refractivity contribution in [2.24, 2.45) is 5.92 Å².